The molecule has 2 nitrogen and oxygen atoms in total. The van der Waals surface area contributed by atoms with Crippen molar-refractivity contribution in [2.75, 3.05) is 9.80 Å². The van der Waals surface area contributed by atoms with E-state index in [-0.39, 0.29) is 0 Å². The summed E-state index contributed by atoms with van der Waals surface area (Å²) in [5.74, 6) is 0. The molecule has 0 aliphatic carbocycles. The highest BCUT2D eigenvalue weighted by molar-refractivity contribution is 6.34. The highest BCUT2D eigenvalue weighted by Crippen LogP contribution is 2.54. The summed E-state index contributed by atoms with van der Waals surface area (Å²) in [6, 6.07) is 131. The zero-order valence-corrected chi connectivity index (χ0v) is 48.5. The predicted molar refractivity (Wildman–Crippen MR) is 377 cm³/mol. The van der Waals surface area contributed by atoms with Crippen LogP contribution in [-0.4, -0.2) is 0 Å². The van der Waals surface area contributed by atoms with Crippen LogP contribution < -0.4 is 9.80 Å². The fourth-order valence-corrected chi connectivity index (χ4v) is 13.2. The van der Waals surface area contributed by atoms with Crippen molar-refractivity contribution < 1.29 is 0 Å². The lowest BCUT2D eigenvalue weighted by molar-refractivity contribution is 1.29. The van der Waals surface area contributed by atoms with Gasteiger partial charge in [0.15, 0.2) is 0 Å². The van der Waals surface area contributed by atoms with E-state index in [0.29, 0.717) is 0 Å². The molecule has 16 aromatic carbocycles. The van der Waals surface area contributed by atoms with Gasteiger partial charge in [-0.25, -0.2) is 0 Å². The molecule has 0 unspecified atom stereocenters. The number of benzene rings is 16. The number of hydrogen-bond acceptors (Lipinski definition) is 2. The Bertz CT molecular complexity index is 4600. The first kappa shape index (κ1) is 53.2. The maximum Gasteiger partial charge on any atom is 0.0540 e. The van der Waals surface area contributed by atoms with Crippen LogP contribution in [0.25, 0.3) is 109 Å². The lowest BCUT2D eigenvalue weighted by atomic mass is 9.77. The molecule has 0 radical (unpaired) electrons. The van der Waals surface area contributed by atoms with Crippen molar-refractivity contribution in [1.82, 2.24) is 0 Å². The summed E-state index contributed by atoms with van der Waals surface area (Å²) in [7, 11) is 0. The minimum atomic E-state index is 1.12. The van der Waals surface area contributed by atoms with E-state index < -0.39 is 0 Å². The van der Waals surface area contributed by atoms with Gasteiger partial charge < -0.3 is 9.80 Å². The summed E-state index contributed by atoms with van der Waals surface area (Å²) in [4.78, 5) is 4.69. The minimum absolute atomic E-state index is 1.12. The number of para-hydroxylation sites is 2. The van der Waals surface area contributed by atoms with Crippen LogP contribution in [-0.2, 0) is 0 Å². The van der Waals surface area contributed by atoms with E-state index in [0.717, 1.165) is 34.1 Å². The third kappa shape index (κ3) is 9.99. The van der Waals surface area contributed by atoms with Gasteiger partial charge in [-0.3, -0.25) is 0 Å². The summed E-state index contributed by atoms with van der Waals surface area (Å²) < 4.78 is 0. The van der Waals surface area contributed by atoms with Crippen molar-refractivity contribution >= 4 is 88.0 Å². The van der Waals surface area contributed by atoms with Gasteiger partial charge in [-0.2, -0.15) is 0 Å². The maximum atomic E-state index is 2.34. The number of fused-ring (bicyclic) bond motifs is 5. The number of nitrogens with zero attached hydrogens (tertiary/aromatic N) is 2. The molecule has 0 atom stereocenters. The fraction of sp³-hybridized carbons (Fsp3) is 0. The van der Waals surface area contributed by atoms with Gasteiger partial charge in [-0.15, -0.1) is 0 Å². The Morgan fingerprint density at radius 3 is 0.670 bits per heavy atom. The normalized spacial score (nSPS) is 11.2. The molecule has 0 aliphatic rings. The monoisotopic (exact) mass is 1120 g/mol. The van der Waals surface area contributed by atoms with Crippen LogP contribution in [0.2, 0.25) is 0 Å². The lowest BCUT2D eigenvalue weighted by Gasteiger charge is -2.27. The second-order valence-corrected chi connectivity index (χ2v) is 22.2. The molecule has 0 amide bonds. The lowest BCUT2D eigenvalue weighted by Crippen LogP contribution is -2.10. The molecule has 16 aromatic rings. The van der Waals surface area contributed by atoms with E-state index in [1.54, 1.807) is 0 Å². The Balaban J connectivity index is 0.000000148. The van der Waals surface area contributed by atoms with Crippen LogP contribution in [0.15, 0.2) is 364 Å². The van der Waals surface area contributed by atoms with E-state index in [9.17, 15) is 0 Å². The molecule has 0 bridgehead atoms. The first-order valence-corrected chi connectivity index (χ1v) is 30.2. The largest absolute Gasteiger partial charge is 0.310 e. The van der Waals surface area contributed by atoms with Gasteiger partial charge in [0, 0.05) is 33.5 Å². The first-order valence-electron chi connectivity index (χ1n) is 30.2. The van der Waals surface area contributed by atoms with Crippen LogP contribution >= 0.6 is 0 Å². The molecule has 0 spiro atoms. The standard InChI is InChI=1S/C44H32N2.C42H28/c1-3-17-37(18-4-1)45(43-23-11-15-35-13-7-9-21-41(35)43)39-29-25-33(26-30-39)34-27-31-40(32-28-34)46(38-19-5-2-6-20-38)44-24-12-16-36-14-8-10-22-42(36)44;1-5-17-29(18-6-1)37-33-25-13-14-26-34(33)39(31-21-9-3-10-22-31)42-40(32-23-11-4-12-24-32)36-28-16-15-27-35(36)38(41(37)42)30-19-7-2-8-20-30/h1-32H;1-28H. The highest BCUT2D eigenvalue weighted by atomic mass is 15.1. The molecule has 0 fully saturated rings. The van der Waals surface area contributed by atoms with Crippen molar-refractivity contribution in [3.05, 3.63) is 364 Å². The van der Waals surface area contributed by atoms with E-state index >= 15 is 0 Å². The van der Waals surface area contributed by atoms with E-state index in [2.05, 4.69) is 374 Å². The summed E-state index contributed by atoms with van der Waals surface area (Å²) in [6.45, 7) is 0. The van der Waals surface area contributed by atoms with E-state index in [1.165, 1.54) is 109 Å². The zero-order valence-electron chi connectivity index (χ0n) is 48.5. The number of rotatable bonds is 11. The van der Waals surface area contributed by atoms with Gasteiger partial charge in [0.05, 0.1) is 11.4 Å². The van der Waals surface area contributed by atoms with Crippen LogP contribution in [0.3, 0.4) is 0 Å². The topological polar surface area (TPSA) is 6.48 Å². The average molecular weight is 1120 g/mol. The molecular formula is C86H60N2. The molecule has 2 heteroatoms. The first-order chi connectivity index (χ1) is 43.7. The van der Waals surface area contributed by atoms with Gasteiger partial charge in [0.25, 0.3) is 0 Å². The van der Waals surface area contributed by atoms with Gasteiger partial charge in [0.2, 0.25) is 0 Å². The Hall–Kier alpha value is -11.6. The van der Waals surface area contributed by atoms with E-state index in [4.69, 9.17) is 0 Å². The molecule has 0 heterocycles. The second kappa shape index (κ2) is 23.8. The molecular weight excluding hydrogens is 1060 g/mol. The summed E-state index contributed by atoms with van der Waals surface area (Å²) in [5, 5.41) is 12.6. The van der Waals surface area contributed by atoms with Crippen molar-refractivity contribution in [3.63, 3.8) is 0 Å². The average Bonchev–Trinajstić information content (AvgIpc) is 0.753. The number of hydrogen-bond donors (Lipinski definition) is 0. The second-order valence-electron chi connectivity index (χ2n) is 22.2. The maximum absolute atomic E-state index is 2.34. The Labute approximate surface area is 514 Å². The quantitative estimate of drug-likeness (QED) is 0.119. The fourth-order valence-electron chi connectivity index (χ4n) is 13.2. The summed E-state index contributed by atoms with van der Waals surface area (Å²) in [5.41, 5.74) is 19.2. The Kier molecular flexibility index (Phi) is 14.4. The summed E-state index contributed by atoms with van der Waals surface area (Å²) in [6.07, 6.45) is 0. The molecule has 414 valence electrons. The van der Waals surface area contributed by atoms with Gasteiger partial charge >= 0.3 is 0 Å². The molecule has 0 saturated heterocycles. The Morgan fingerprint density at radius 2 is 0.375 bits per heavy atom. The molecule has 16 rings (SSSR count). The third-order valence-electron chi connectivity index (χ3n) is 17.1. The van der Waals surface area contributed by atoms with Crippen molar-refractivity contribution in [2.24, 2.45) is 0 Å². The van der Waals surface area contributed by atoms with Crippen LogP contribution in [0.5, 0.6) is 0 Å². The van der Waals surface area contributed by atoms with Crippen LogP contribution in [0.4, 0.5) is 34.1 Å². The van der Waals surface area contributed by atoms with Crippen molar-refractivity contribution in [3.8, 4) is 55.6 Å². The molecule has 0 N–H and O–H groups in total. The van der Waals surface area contributed by atoms with Gasteiger partial charge in [-0.05, 0) is 159 Å². The third-order valence-corrected chi connectivity index (χ3v) is 17.1. The van der Waals surface area contributed by atoms with Crippen molar-refractivity contribution in [1.29, 1.82) is 0 Å². The smallest absolute Gasteiger partial charge is 0.0540 e. The van der Waals surface area contributed by atoms with Gasteiger partial charge in [0.1, 0.15) is 0 Å². The minimum Gasteiger partial charge on any atom is -0.310 e. The molecule has 0 saturated carbocycles. The van der Waals surface area contributed by atoms with E-state index in [1.807, 2.05) is 0 Å². The molecule has 88 heavy (non-hydrogen) atoms. The Morgan fingerprint density at radius 1 is 0.148 bits per heavy atom. The molecule has 0 aromatic heterocycles. The molecule has 0 aliphatic heterocycles. The van der Waals surface area contributed by atoms with Crippen molar-refractivity contribution in [2.45, 2.75) is 0 Å². The van der Waals surface area contributed by atoms with Crippen LogP contribution in [0, 0.1) is 0 Å². The predicted octanol–water partition coefficient (Wildman–Crippen LogP) is 24.4. The van der Waals surface area contributed by atoms with Gasteiger partial charge in [-0.1, -0.05) is 303 Å². The highest BCUT2D eigenvalue weighted by Gasteiger charge is 2.26. The SMILES string of the molecule is c1ccc(-c2c3ccccc3c(-c3ccccc3)c3c(-c4ccccc4)c4ccccc4c(-c4ccccc4)c23)cc1.c1ccc(N(c2ccc(-c3ccc(N(c4ccccc4)c4cccc5ccccc45)cc3)cc2)c2cccc3ccccc23)cc1. The number of anilines is 6. The van der Waals surface area contributed by atoms with Crippen LogP contribution in [0.1, 0.15) is 0 Å². The zero-order chi connectivity index (χ0) is 58.6. The summed E-state index contributed by atoms with van der Waals surface area (Å²) >= 11 is 0.